The van der Waals surface area contributed by atoms with E-state index in [1.54, 1.807) is 23.5 Å². The molecule has 0 aliphatic heterocycles. The predicted octanol–water partition coefficient (Wildman–Crippen LogP) is 10.9. The Bertz CT molecular complexity index is 1500. The molecule has 0 aromatic heterocycles. The van der Waals surface area contributed by atoms with Gasteiger partial charge in [0.15, 0.2) is 0 Å². The second kappa shape index (κ2) is 13.2. The Morgan fingerprint density at radius 1 is 0.462 bits per heavy atom. The lowest BCUT2D eigenvalue weighted by Crippen LogP contribution is -2.11. The van der Waals surface area contributed by atoms with Crippen molar-refractivity contribution in [2.24, 2.45) is 0 Å². The number of hydrogen-bond donors (Lipinski definition) is 0. The summed E-state index contributed by atoms with van der Waals surface area (Å²) in [4.78, 5) is 4.87. The maximum atomic E-state index is 2.33. The van der Waals surface area contributed by atoms with Crippen LogP contribution in [0.15, 0.2) is 137 Å². The Morgan fingerprint density at radius 3 is 1.44 bits per heavy atom. The molecule has 0 aliphatic carbocycles. The summed E-state index contributed by atoms with van der Waals surface area (Å²) in [6.45, 7) is 0. The monoisotopic (exact) mass is 541 g/mol. The zero-order chi connectivity index (χ0) is 26.9. The van der Waals surface area contributed by atoms with Crippen LogP contribution in [0.25, 0.3) is 24.3 Å². The molecule has 3 heteroatoms. The Balaban J connectivity index is 1.63. The van der Waals surface area contributed by atoms with Gasteiger partial charge in [0, 0.05) is 26.7 Å². The zero-order valence-corrected chi connectivity index (χ0v) is 23.8. The van der Waals surface area contributed by atoms with E-state index in [-0.39, 0.29) is 0 Å². The van der Waals surface area contributed by atoms with Crippen molar-refractivity contribution in [3.8, 4) is 0 Å². The Kier molecular flexibility index (Phi) is 9.05. The van der Waals surface area contributed by atoms with Gasteiger partial charge in [0.25, 0.3) is 0 Å². The molecular formula is C36H31NS2. The molecule has 0 atom stereocenters. The minimum Gasteiger partial charge on any atom is -0.310 e. The van der Waals surface area contributed by atoms with E-state index in [9.17, 15) is 0 Å². The van der Waals surface area contributed by atoms with Gasteiger partial charge in [-0.1, -0.05) is 97.1 Å². The highest BCUT2D eigenvalue weighted by Crippen LogP contribution is 2.38. The molecule has 192 valence electrons. The molecule has 0 N–H and O–H groups in total. The third-order valence-electron chi connectivity index (χ3n) is 6.52. The second-order valence-corrected chi connectivity index (χ2v) is 10.8. The lowest BCUT2D eigenvalue weighted by molar-refractivity contribution is 1.27. The van der Waals surface area contributed by atoms with Gasteiger partial charge in [-0.05, 0) is 83.8 Å². The molecule has 0 radical (unpaired) electrons. The second-order valence-electron chi connectivity index (χ2n) is 9.00. The molecule has 0 bridgehead atoms. The summed E-state index contributed by atoms with van der Waals surface area (Å²) in [5, 5.41) is 0. The lowest BCUT2D eigenvalue weighted by Gasteiger charge is -2.27. The van der Waals surface area contributed by atoms with E-state index in [1.165, 1.54) is 20.9 Å². The van der Waals surface area contributed by atoms with Gasteiger partial charge in [-0.2, -0.15) is 0 Å². The van der Waals surface area contributed by atoms with E-state index < -0.39 is 0 Å². The van der Waals surface area contributed by atoms with Crippen molar-refractivity contribution in [3.63, 3.8) is 0 Å². The van der Waals surface area contributed by atoms with Crippen LogP contribution in [0.3, 0.4) is 0 Å². The third-order valence-corrected chi connectivity index (χ3v) is 8.00. The normalized spacial score (nSPS) is 11.3. The van der Waals surface area contributed by atoms with E-state index in [4.69, 9.17) is 0 Å². The van der Waals surface area contributed by atoms with Gasteiger partial charge < -0.3 is 4.90 Å². The van der Waals surface area contributed by atoms with E-state index in [2.05, 4.69) is 169 Å². The fraction of sp³-hybridized carbons (Fsp3) is 0.0556. The Hall–Kier alpha value is -3.92. The van der Waals surface area contributed by atoms with Gasteiger partial charge >= 0.3 is 0 Å². The fourth-order valence-electron chi connectivity index (χ4n) is 4.47. The molecule has 0 aliphatic rings. The number of nitrogens with zero attached hydrogens (tertiary/aromatic N) is 1. The third kappa shape index (κ3) is 6.75. The van der Waals surface area contributed by atoms with Crippen molar-refractivity contribution in [1.29, 1.82) is 0 Å². The maximum Gasteiger partial charge on any atom is 0.0540 e. The van der Waals surface area contributed by atoms with E-state index in [1.807, 2.05) is 0 Å². The topological polar surface area (TPSA) is 3.24 Å². The van der Waals surface area contributed by atoms with Crippen molar-refractivity contribution in [2.45, 2.75) is 9.79 Å². The highest BCUT2D eigenvalue weighted by Gasteiger charge is 2.16. The van der Waals surface area contributed by atoms with E-state index in [0.717, 1.165) is 28.2 Å². The van der Waals surface area contributed by atoms with Gasteiger partial charge in [0.1, 0.15) is 0 Å². The van der Waals surface area contributed by atoms with Crippen LogP contribution in [-0.4, -0.2) is 12.5 Å². The molecular weight excluding hydrogens is 511 g/mol. The Morgan fingerprint density at radius 2 is 0.949 bits per heavy atom. The molecule has 0 saturated heterocycles. The number of anilines is 3. The highest BCUT2D eigenvalue weighted by atomic mass is 32.2. The first-order valence-corrected chi connectivity index (χ1v) is 15.4. The van der Waals surface area contributed by atoms with Crippen LogP contribution in [0.5, 0.6) is 0 Å². The van der Waals surface area contributed by atoms with Crippen molar-refractivity contribution in [3.05, 3.63) is 150 Å². The summed E-state index contributed by atoms with van der Waals surface area (Å²) in [6.07, 6.45) is 13.1. The predicted molar refractivity (Wildman–Crippen MR) is 175 cm³/mol. The SMILES string of the molecule is CSc1ccc(C=Cc2cccc(N(c3ccccc3)c3ccccc3)c2C=Cc2ccc(SC)cc2)cc1. The highest BCUT2D eigenvalue weighted by molar-refractivity contribution is 7.98. The van der Waals surface area contributed by atoms with Crippen molar-refractivity contribution in [1.82, 2.24) is 0 Å². The van der Waals surface area contributed by atoms with Crippen molar-refractivity contribution < 1.29 is 0 Å². The smallest absolute Gasteiger partial charge is 0.0540 e. The van der Waals surface area contributed by atoms with E-state index >= 15 is 0 Å². The molecule has 0 amide bonds. The summed E-state index contributed by atoms with van der Waals surface area (Å²) in [5.41, 5.74) is 8.06. The van der Waals surface area contributed by atoms with Gasteiger partial charge in [-0.3, -0.25) is 0 Å². The first-order valence-electron chi connectivity index (χ1n) is 12.9. The molecule has 0 spiro atoms. The number of hydrogen-bond acceptors (Lipinski definition) is 3. The van der Waals surface area contributed by atoms with Gasteiger partial charge in [-0.25, -0.2) is 0 Å². The van der Waals surface area contributed by atoms with Crippen LogP contribution in [-0.2, 0) is 0 Å². The zero-order valence-electron chi connectivity index (χ0n) is 22.2. The molecule has 5 aromatic carbocycles. The van der Waals surface area contributed by atoms with Crippen LogP contribution in [0.1, 0.15) is 22.3 Å². The minimum atomic E-state index is 1.12. The number of thioether (sulfide) groups is 2. The first-order chi connectivity index (χ1) is 19.2. The molecule has 1 nitrogen and oxygen atoms in total. The standard InChI is InChI=1S/C36H31NS2/c1-38-33-23-17-28(18-24-33)16-22-30-10-9-15-36(35(30)27-21-29-19-25-34(39-2)26-20-29)37(31-11-5-3-6-12-31)32-13-7-4-8-14-32/h3-27H,1-2H3. The molecule has 0 unspecified atom stereocenters. The molecule has 39 heavy (non-hydrogen) atoms. The summed E-state index contributed by atoms with van der Waals surface area (Å²) >= 11 is 3.52. The molecule has 5 aromatic rings. The van der Waals surface area contributed by atoms with Gasteiger partial charge in [-0.15, -0.1) is 23.5 Å². The van der Waals surface area contributed by atoms with E-state index in [0.29, 0.717) is 0 Å². The summed E-state index contributed by atoms with van der Waals surface area (Å²) in [6, 6.07) is 45.1. The van der Waals surface area contributed by atoms with Gasteiger partial charge in [0.2, 0.25) is 0 Å². The largest absolute Gasteiger partial charge is 0.310 e. The molecule has 0 fully saturated rings. The van der Waals surface area contributed by atoms with Crippen LogP contribution < -0.4 is 4.90 Å². The number of benzene rings is 5. The van der Waals surface area contributed by atoms with Crippen molar-refractivity contribution >= 4 is 64.9 Å². The fourth-order valence-corrected chi connectivity index (χ4v) is 5.29. The minimum absolute atomic E-state index is 1.12. The van der Waals surface area contributed by atoms with Crippen LogP contribution in [0, 0.1) is 0 Å². The van der Waals surface area contributed by atoms with Crippen LogP contribution in [0.4, 0.5) is 17.1 Å². The van der Waals surface area contributed by atoms with Gasteiger partial charge in [0.05, 0.1) is 5.69 Å². The average Bonchev–Trinajstić information content (AvgIpc) is 3.01. The first kappa shape index (κ1) is 26.7. The average molecular weight is 542 g/mol. The molecule has 0 saturated carbocycles. The van der Waals surface area contributed by atoms with Crippen molar-refractivity contribution in [2.75, 3.05) is 17.4 Å². The Labute approximate surface area is 240 Å². The quantitative estimate of drug-likeness (QED) is 0.135. The van der Waals surface area contributed by atoms with Crippen LogP contribution >= 0.6 is 23.5 Å². The molecule has 0 heterocycles. The van der Waals surface area contributed by atoms with Crippen LogP contribution in [0.2, 0.25) is 0 Å². The summed E-state index contributed by atoms with van der Waals surface area (Å²) < 4.78 is 0. The number of rotatable bonds is 9. The lowest BCUT2D eigenvalue weighted by atomic mass is 10.00. The summed E-state index contributed by atoms with van der Waals surface area (Å²) in [7, 11) is 0. The number of para-hydroxylation sites is 2. The molecule has 5 rings (SSSR count). The summed E-state index contributed by atoms with van der Waals surface area (Å²) in [5.74, 6) is 0. The maximum absolute atomic E-state index is 2.33.